The Morgan fingerprint density at radius 1 is 1.29 bits per heavy atom. The molecule has 3 rings (SSSR count). The molecule has 0 spiro atoms. The summed E-state index contributed by atoms with van der Waals surface area (Å²) in [5.74, 6) is 0.724. The summed E-state index contributed by atoms with van der Waals surface area (Å²) in [7, 11) is 1.57. The summed E-state index contributed by atoms with van der Waals surface area (Å²) in [5, 5.41) is 1.77. The molecule has 0 saturated heterocycles. The van der Waals surface area contributed by atoms with E-state index in [2.05, 4.69) is 4.98 Å². The number of benzene rings is 1. The van der Waals surface area contributed by atoms with E-state index in [9.17, 15) is 9.59 Å². The van der Waals surface area contributed by atoms with Gasteiger partial charge in [0.25, 0.3) is 5.56 Å². The first-order valence-electron chi connectivity index (χ1n) is 8.72. The van der Waals surface area contributed by atoms with E-state index < -0.39 is 5.97 Å². The second kappa shape index (κ2) is 9.18. The number of fused-ring (bicyclic) bond motifs is 1. The van der Waals surface area contributed by atoms with Crippen LogP contribution >= 0.6 is 11.3 Å². The average Bonchev–Trinajstić information content (AvgIpc) is 3.18. The van der Waals surface area contributed by atoms with E-state index in [4.69, 9.17) is 14.2 Å². The molecule has 0 saturated carbocycles. The van der Waals surface area contributed by atoms with Gasteiger partial charge < -0.3 is 14.2 Å². The van der Waals surface area contributed by atoms with E-state index in [0.29, 0.717) is 28.8 Å². The number of thiazole rings is 1. The SMILES string of the molecule is CCCOc1ccc(/C=C/C(=O)OCc2cc(=O)n3ccsc3n2)cc1OC. The number of ether oxygens (including phenoxy) is 3. The highest BCUT2D eigenvalue weighted by Crippen LogP contribution is 2.28. The van der Waals surface area contributed by atoms with Gasteiger partial charge in [-0.05, 0) is 30.2 Å². The van der Waals surface area contributed by atoms with Gasteiger partial charge in [-0.2, -0.15) is 0 Å². The molecule has 0 amide bonds. The van der Waals surface area contributed by atoms with E-state index in [1.807, 2.05) is 13.0 Å². The summed E-state index contributed by atoms with van der Waals surface area (Å²) in [5.41, 5.74) is 0.979. The second-order valence-electron chi connectivity index (χ2n) is 5.84. The van der Waals surface area contributed by atoms with E-state index in [-0.39, 0.29) is 12.2 Å². The summed E-state index contributed by atoms with van der Waals surface area (Å²) in [4.78, 5) is 28.8. The maximum Gasteiger partial charge on any atom is 0.331 e. The van der Waals surface area contributed by atoms with Crippen LogP contribution in [0.1, 0.15) is 24.6 Å². The molecule has 28 heavy (non-hydrogen) atoms. The van der Waals surface area contributed by atoms with Crippen molar-refractivity contribution < 1.29 is 19.0 Å². The highest BCUT2D eigenvalue weighted by Gasteiger charge is 2.07. The van der Waals surface area contributed by atoms with Crippen LogP contribution < -0.4 is 15.0 Å². The Morgan fingerprint density at radius 3 is 2.93 bits per heavy atom. The van der Waals surface area contributed by atoms with Gasteiger partial charge in [-0.3, -0.25) is 9.20 Å². The molecule has 0 fully saturated rings. The molecule has 7 nitrogen and oxygen atoms in total. The molecule has 1 aromatic carbocycles. The van der Waals surface area contributed by atoms with Crippen molar-refractivity contribution in [1.29, 1.82) is 0 Å². The topological polar surface area (TPSA) is 79.1 Å². The highest BCUT2D eigenvalue weighted by atomic mass is 32.1. The maximum atomic E-state index is 12.0. The molecule has 0 bridgehead atoms. The van der Waals surface area contributed by atoms with E-state index in [1.165, 1.54) is 27.9 Å². The van der Waals surface area contributed by atoms with Crippen molar-refractivity contribution in [2.24, 2.45) is 0 Å². The third-order valence-electron chi connectivity index (χ3n) is 3.78. The molecule has 0 aliphatic heterocycles. The predicted octanol–water partition coefficient (Wildman–Crippen LogP) is 3.31. The molecule has 0 radical (unpaired) electrons. The van der Waals surface area contributed by atoms with Gasteiger partial charge in [-0.15, -0.1) is 11.3 Å². The quantitative estimate of drug-likeness (QED) is 0.426. The third kappa shape index (κ3) is 4.77. The first-order chi connectivity index (χ1) is 13.6. The average molecular weight is 400 g/mol. The highest BCUT2D eigenvalue weighted by molar-refractivity contribution is 7.15. The zero-order chi connectivity index (χ0) is 19.9. The number of methoxy groups -OCH3 is 1. The van der Waals surface area contributed by atoms with Crippen LogP contribution in [0.5, 0.6) is 11.5 Å². The van der Waals surface area contributed by atoms with E-state index in [0.717, 1.165) is 12.0 Å². The number of hydrogen-bond acceptors (Lipinski definition) is 7. The van der Waals surface area contributed by atoms with Crippen LogP contribution in [0.15, 0.2) is 46.7 Å². The maximum absolute atomic E-state index is 12.0. The van der Waals surface area contributed by atoms with Crippen molar-refractivity contribution in [2.75, 3.05) is 13.7 Å². The Labute approximate surface area is 165 Å². The lowest BCUT2D eigenvalue weighted by atomic mass is 10.2. The Bertz CT molecular complexity index is 1050. The molecule has 8 heteroatoms. The number of aromatic nitrogens is 2. The van der Waals surface area contributed by atoms with Crippen LogP contribution in [0, 0.1) is 0 Å². The van der Waals surface area contributed by atoms with Crippen LogP contribution in [-0.4, -0.2) is 29.1 Å². The van der Waals surface area contributed by atoms with Crippen LogP contribution in [0.2, 0.25) is 0 Å². The van der Waals surface area contributed by atoms with E-state index in [1.54, 1.807) is 36.9 Å². The fourth-order valence-electron chi connectivity index (χ4n) is 2.44. The number of carbonyl (C=O) groups is 1. The van der Waals surface area contributed by atoms with Gasteiger partial charge in [0.2, 0.25) is 0 Å². The minimum Gasteiger partial charge on any atom is -0.493 e. The molecule has 0 aliphatic carbocycles. The van der Waals surface area contributed by atoms with Gasteiger partial charge in [0, 0.05) is 23.7 Å². The third-order valence-corrected chi connectivity index (χ3v) is 4.54. The minimum atomic E-state index is -0.529. The van der Waals surface area contributed by atoms with Crippen LogP contribution in [-0.2, 0) is 16.1 Å². The number of rotatable bonds is 8. The van der Waals surface area contributed by atoms with Gasteiger partial charge in [-0.25, -0.2) is 9.78 Å². The lowest BCUT2D eigenvalue weighted by Crippen LogP contribution is -2.14. The zero-order valence-corrected chi connectivity index (χ0v) is 16.4. The zero-order valence-electron chi connectivity index (χ0n) is 15.6. The Hall–Kier alpha value is -3.13. The van der Waals surface area contributed by atoms with Gasteiger partial charge in [0.1, 0.15) is 6.61 Å². The van der Waals surface area contributed by atoms with Crippen molar-refractivity contribution in [2.45, 2.75) is 20.0 Å². The summed E-state index contributed by atoms with van der Waals surface area (Å²) >= 11 is 1.34. The Morgan fingerprint density at radius 2 is 2.14 bits per heavy atom. The lowest BCUT2D eigenvalue weighted by molar-refractivity contribution is -0.139. The Kier molecular flexibility index (Phi) is 6.44. The van der Waals surface area contributed by atoms with Crippen LogP contribution in [0.4, 0.5) is 0 Å². The van der Waals surface area contributed by atoms with Gasteiger partial charge in [0.05, 0.1) is 19.4 Å². The summed E-state index contributed by atoms with van der Waals surface area (Å²) < 4.78 is 17.5. The molecular weight excluding hydrogens is 380 g/mol. The van der Waals surface area contributed by atoms with Crippen molar-refractivity contribution in [3.05, 3.63) is 63.5 Å². The van der Waals surface area contributed by atoms with E-state index >= 15 is 0 Å². The molecule has 0 N–H and O–H groups in total. The molecule has 2 aromatic heterocycles. The minimum absolute atomic E-state index is 0.0695. The molecule has 0 aliphatic rings. The molecular formula is C20H20N2O5S. The number of esters is 1. The van der Waals surface area contributed by atoms with Gasteiger partial charge >= 0.3 is 5.97 Å². The molecule has 2 heterocycles. The van der Waals surface area contributed by atoms with Gasteiger partial charge in [-0.1, -0.05) is 13.0 Å². The van der Waals surface area contributed by atoms with Crippen molar-refractivity contribution in [3.8, 4) is 11.5 Å². The number of nitrogens with zero attached hydrogens (tertiary/aromatic N) is 2. The fourth-order valence-corrected chi connectivity index (χ4v) is 3.18. The summed E-state index contributed by atoms with van der Waals surface area (Å²) in [6, 6.07) is 6.76. The van der Waals surface area contributed by atoms with Crippen LogP contribution in [0.25, 0.3) is 11.0 Å². The lowest BCUT2D eigenvalue weighted by Gasteiger charge is -2.10. The van der Waals surface area contributed by atoms with Gasteiger partial charge in [0.15, 0.2) is 16.5 Å². The number of hydrogen-bond donors (Lipinski definition) is 0. The normalized spacial score (nSPS) is 11.1. The largest absolute Gasteiger partial charge is 0.493 e. The van der Waals surface area contributed by atoms with Crippen LogP contribution in [0.3, 0.4) is 0 Å². The molecule has 0 atom stereocenters. The van der Waals surface area contributed by atoms with Crippen molar-refractivity contribution in [3.63, 3.8) is 0 Å². The standard InChI is InChI=1S/C20H20N2O5S/c1-3-9-26-16-6-4-14(11-17(16)25-2)5-7-19(24)27-13-15-12-18(23)22-8-10-28-20(22)21-15/h4-8,10-12H,3,9,13H2,1-2H3/b7-5+. The first-order valence-corrected chi connectivity index (χ1v) is 9.60. The Balaban J connectivity index is 1.62. The summed E-state index contributed by atoms with van der Waals surface area (Å²) in [6.07, 6.45) is 5.50. The molecule has 0 unspecified atom stereocenters. The smallest absolute Gasteiger partial charge is 0.331 e. The monoisotopic (exact) mass is 400 g/mol. The second-order valence-corrected chi connectivity index (χ2v) is 6.71. The molecule has 146 valence electrons. The summed E-state index contributed by atoms with van der Waals surface area (Å²) in [6.45, 7) is 2.56. The number of carbonyl (C=O) groups excluding carboxylic acids is 1. The fraction of sp³-hybridized carbons (Fsp3) is 0.250. The predicted molar refractivity (Wildman–Crippen MR) is 107 cm³/mol. The van der Waals surface area contributed by atoms with Crippen molar-refractivity contribution in [1.82, 2.24) is 9.38 Å². The van der Waals surface area contributed by atoms with Crippen molar-refractivity contribution >= 4 is 28.3 Å². The first kappa shape index (κ1) is 19.6. The molecule has 3 aromatic rings.